The fraction of sp³-hybridized carbons (Fsp3) is 0.381. The maximum Gasteiger partial charge on any atom is 0.315 e. The van der Waals surface area contributed by atoms with E-state index in [0.717, 1.165) is 32.5 Å². The molecule has 5 heteroatoms. The lowest BCUT2D eigenvalue weighted by molar-refractivity contribution is 0.175. The topological polar surface area (TPSA) is 44.4 Å². The summed E-state index contributed by atoms with van der Waals surface area (Å²) in [4.78, 5) is 14.4. The van der Waals surface area contributed by atoms with Crippen LogP contribution in [-0.2, 0) is 13.1 Å². The minimum Gasteiger partial charge on any atom is -0.338 e. The SMILES string of the molecule is O=C(NCc1ccccc1F)NCC1CCN(Cc2ccccc2)CC1. The van der Waals surface area contributed by atoms with Gasteiger partial charge in [0.2, 0.25) is 0 Å². The van der Waals surface area contributed by atoms with E-state index in [-0.39, 0.29) is 18.4 Å². The van der Waals surface area contributed by atoms with Crippen LogP contribution in [0.1, 0.15) is 24.0 Å². The normalized spacial score (nSPS) is 15.6. The number of benzene rings is 2. The van der Waals surface area contributed by atoms with Crippen LogP contribution in [0.5, 0.6) is 0 Å². The summed E-state index contributed by atoms with van der Waals surface area (Å²) in [6.45, 7) is 3.97. The molecule has 2 aromatic rings. The van der Waals surface area contributed by atoms with E-state index in [1.807, 2.05) is 6.07 Å². The minimum absolute atomic E-state index is 0.202. The maximum absolute atomic E-state index is 13.5. The molecule has 1 fully saturated rings. The Labute approximate surface area is 154 Å². The molecule has 0 atom stereocenters. The number of piperidine rings is 1. The van der Waals surface area contributed by atoms with E-state index in [1.54, 1.807) is 18.2 Å². The molecule has 0 bridgehead atoms. The summed E-state index contributed by atoms with van der Waals surface area (Å²) in [5.41, 5.74) is 1.84. The predicted octanol–water partition coefficient (Wildman–Crippen LogP) is 3.54. The number of likely N-dealkylation sites (tertiary alicyclic amines) is 1. The molecule has 0 saturated carbocycles. The van der Waals surface area contributed by atoms with Crippen molar-refractivity contribution in [2.24, 2.45) is 5.92 Å². The van der Waals surface area contributed by atoms with Gasteiger partial charge in [-0.05, 0) is 43.5 Å². The molecular weight excluding hydrogens is 329 g/mol. The van der Waals surface area contributed by atoms with Crippen LogP contribution in [-0.4, -0.2) is 30.6 Å². The highest BCUT2D eigenvalue weighted by molar-refractivity contribution is 5.73. The second-order valence-corrected chi connectivity index (χ2v) is 6.86. The third-order valence-corrected chi connectivity index (χ3v) is 4.90. The monoisotopic (exact) mass is 355 g/mol. The average Bonchev–Trinajstić information content (AvgIpc) is 2.68. The van der Waals surface area contributed by atoms with Gasteiger partial charge in [0.15, 0.2) is 0 Å². The molecule has 0 spiro atoms. The summed E-state index contributed by atoms with van der Waals surface area (Å²) in [5, 5.41) is 5.64. The van der Waals surface area contributed by atoms with Crippen LogP contribution < -0.4 is 10.6 Å². The summed E-state index contributed by atoms with van der Waals surface area (Å²) < 4.78 is 13.5. The van der Waals surface area contributed by atoms with Gasteiger partial charge in [-0.3, -0.25) is 4.90 Å². The summed E-state index contributed by atoms with van der Waals surface area (Å²) >= 11 is 0. The van der Waals surface area contributed by atoms with E-state index in [2.05, 4.69) is 39.8 Å². The molecule has 0 aromatic heterocycles. The summed E-state index contributed by atoms with van der Waals surface area (Å²) in [6, 6.07) is 16.8. The van der Waals surface area contributed by atoms with E-state index in [9.17, 15) is 9.18 Å². The van der Waals surface area contributed by atoms with E-state index < -0.39 is 0 Å². The summed E-state index contributed by atoms with van der Waals surface area (Å²) in [7, 11) is 0. The van der Waals surface area contributed by atoms with Crippen molar-refractivity contribution < 1.29 is 9.18 Å². The molecule has 0 unspecified atom stereocenters. The first-order valence-electron chi connectivity index (χ1n) is 9.22. The first-order valence-corrected chi connectivity index (χ1v) is 9.22. The zero-order chi connectivity index (χ0) is 18.2. The largest absolute Gasteiger partial charge is 0.338 e. The number of halogens is 1. The molecule has 2 amide bonds. The zero-order valence-electron chi connectivity index (χ0n) is 15.0. The lowest BCUT2D eigenvalue weighted by Gasteiger charge is -2.32. The molecular formula is C21H26FN3O. The van der Waals surface area contributed by atoms with Crippen LogP contribution in [0, 0.1) is 11.7 Å². The Morgan fingerprint density at radius 2 is 1.69 bits per heavy atom. The summed E-state index contributed by atoms with van der Waals surface area (Å²) in [5.74, 6) is 0.208. The fourth-order valence-electron chi connectivity index (χ4n) is 3.31. The number of carbonyl (C=O) groups excluding carboxylic acids is 1. The van der Waals surface area contributed by atoms with Crippen molar-refractivity contribution in [2.75, 3.05) is 19.6 Å². The Morgan fingerprint density at radius 1 is 1.00 bits per heavy atom. The number of nitrogens with one attached hydrogen (secondary N) is 2. The van der Waals surface area contributed by atoms with Gasteiger partial charge in [-0.2, -0.15) is 0 Å². The molecule has 2 aromatic carbocycles. The number of hydrogen-bond acceptors (Lipinski definition) is 2. The van der Waals surface area contributed by atoms with E-state index >= 15 is 0 Å². The second kappa shape index (κ2) is 9.34. The van der Waals surface area contributed by atoms with E-state index in [1.165, 1.54) is 11.6 Å². The molecule has 1 aliphatic heterocycles. The number of carbonyl (C=O) groups is 1. The predicted molar refractivity (Wildman–Crippen MR) is 101 cm³/mol. The van der Waals surface area contributed by atoms with Crippen molar-refractivity contribution in [2.45, 2.75) is 25.9 Å². The van der Waals surface area contributed by atoms with Crippen molar-refractivity contribution in [1.82, 2.24) is 15.5 Å². The maximum atomic E-state index is 13.5. The van der Waals surface area contributed by atoms with Crippen LogP contribution >= 0.6 is 0 Å². The van der Waals surface area contributed by atoms with Gasteiger partial charge in [0.1, 0.15) is 5.82 Å². The molecule has 1 saturated heterocycles. The fourth-order valence-corrected chi connectivity index (χ4v) is 3.31. The van der Waals surface area contributed by atoms with Gasteiger partial charge in [-0.1, -0.05) is 48.5 Å². The summed E-state index contributed by atoms with van der Waals surface area (Å²) in [6.07, 6.45) is 2.17. The molecule has 138 valence electrons. The van der Waals surface area contributed by atoms with E-state index in [4.69, 9.17) is 0 Å². The Morgan fingerprint density at radius 3 is 2.42 bits per heavy atom. The number of nitrogens with zero attached hydrogens (tertiary/aromatic N) is 1. The first-order chi connectivity index (χ1) is 12.7. The molecule has 1 heterocycles. The van der Waals surface area contributed by atoms with Crippen molar-refractivity contribution in [1.29, 1.82) is 0 Å². The van der Waals surface area contributed by atoms with Crippen LogP contribution in [0.4, 0.5) is 9.18 Å². The highest BCUT2D eigenvalue weighted by atomic mass is 19.1. The van der Waals surface area contributed by atoms with Crippen LogP contribution in [0.25, 0.3) is 0 Å². The minimum atomic E-state index is -0.293. The molecule has 4 nitrogen and oxygen atoms in total. The van der Waals surface area contributed by atoms with Crippen molar-refractivity contribution in [3.05, 3.63) is 71.5 Å². The Kier molecular flexibility index (Phi) is 6.61. The van der Waals surface area contributed by atoms with Gasteiger partial charge in [-0.25, -0.2) is 9.18 Å². The van der Waals surface area contributed by atoms with Crippen LogP contribution in [0.3, 0.4) is 0 Å². The van der Waals surface area contributed by atoms with E-state index in [0.29, 0.717) is 18.0 Å². The first kappa shape index (κ1) is 18.4. The van der Waals surface area contributed by atoms with Crippen LogP contribution in [0.2, 0.25) is 0 Å². The molecule has 26 heavy (non-hydrogen) atoms. The van der Waals surface area contributed by atoms with Gasteiger partial charge in [0.25, 0.3) is 0 Å². The zero-order valence-corrected chi connectivity index (χ0v) is 15.0. The third kappa shape index (κ3) is 5.56. The number of urea groups is 1. The van der Waals surface area contributed by atoms with Gasteiger partial charge < -0.3 is 10.6 Å². The molecule has 0 aliphatic carbocycles. The Balaban J connectivity index is 1.33. The van der Waals surface area contributed by atoms with Crippen LogP contribution in [0.15, 0.2) is 54.6 Å². The van der Waals surface area contributed by atoms with Crippen molar-refractivity contribution >= 4 is 6.03 Å². The number of rotatable bonds is 6. The standard InChI is InChI=1S/C21H26FN3O/c22-20-9-5-4-8-19(20)15-24-21(26)23-14-17-10-12-25(13-11-17)16-18-6-2-1-3-7-18/h1-9,17H,10-16H2,(H2,23,24,26). The number of amides is 2. The Bertz CT molecular complexity index is 699. The van der Waals surface area contributed by atoms with Gasteiger partial charge in [0.05, 0.1) is 0 Å². The molecule has 2 N–H and O–H groups in total. The lowest BCUT2D eigenvalue weighted by atomic mass is 9.96. The Hall–Kier alpha value is -2.40. The molecule has 3 rings (SSSR count). The average molecular weight is 355 g/mol. The highest BCUT2D eigenvalue weighted by Crippen LogP contribution is 2.18. The van der Waals surface area contributed by atoms with Crippen molar-refractivity contribution in [3.63, 3.8) is 0 Å². The highest BCUT2D eigenvalue weighted by Gasteiger charge is 2.19. The molecule has 1 aliphatic rings. The molecule has 0 radical (unpaired) electrons. The van der Waals surface area contributed by atoms with Crippen molar-refractivity contribution in [3.8, 4) is 0 Å². The van der Waals surface area contributed by atoms with Gasteiger partial charge >= 0.3 is 6.03 Å². The number of hydrogen-bond donors (Lipinski definition) is 2. The lowest BCUT2D eigenvalue weighted by Crippen LogP contribution is -2.41. The second-order valence-electron chi connectivity index (χ2n) is 6.86. The van der Waals surface area contributed by atoms with Gasteiger partial charge in [-0.15, -0.1) is 0 Å². The smallest absolute Gasteiger partial charge is 0.315 e. The van der Waals surface area contributed by atoms with Gasteiger partial charge in [0, 0.05) is 25.2 Å². The quantitative estimate of drug-likeness (QED) is 0.832. The third-order valence-electron chi connectivity index (χ3n) is 4.90.